The summed E-state index contributed by atoms with van der Waals surface area (Å²) in [5.74, 6) is -0.194. The number of amides is 2. The van der Waals surface area contributed by atoms with Crippen LogP contribution in [0.25, 0.3) is 0 Å². The van der Waals surface area contributed by atoms with E-state index < -0.39 is 6.03 Å². The molecule has 2 aromatic rings. The van der Waals surface area contributed by atoms with Crippen molar-refractivity contribution in [3.8, 4) is 0 Å². The van der Waals surface area contributed by atoms with Gasteiger partial charge in [0.1, 0.15) is 0 Å². The number of hydrogen-bond acceptors (Lipinski definition) is 4. The highest BCUT2D eigenvalue weighted by atomic mass is 35.5. The fraction of sp³-hybridized carbons (Fsp3) is 0.440. The van der Waals surface area contributed by atoms with E-state index in [1.165, 1.54) is 12.7 Å². The Labute approximate surface area is 196 Å². The number of benzene rings is 2. The number of halogens is 1. The second kappa shape index (κ2) is 13.8. The Kier molecular flexibility index (Phi) is 11.0. The smallest absolute Gasteiger partial charge is 0.315 e. The molecule has 7 heteroatoms. The lowest BCUT2D eigenvalue weighted by atomic mass is 10.1. The van der Waals surface area contributed by atoms with Gasteiger partial charge in [-0.2, -0.15) is 0 Å². The van der Waals surface area contributed by atoms with Crippen LogP contribution in [0.3, 0.4) is 0 Å². The zero-order valence-corrected chi connectivity index (χ0v) is 19.8. The number of esters is 1. The molecule has 0 unspecified atom stereocenters. The number of carbonyl (C=O) groups is 2. The number of rotatable bonds is 13. The monoisotopic (exact) mass is 459 g/mol. The maximum absolute atomic E-state index is 12.0. The molecular weight excluding hydrogens is 426 g/mol. The Morgan fingerprint density at radius 2 is 1.69 bits per heavy atom. The van der Waals surface area contributed by atoms with Crippen molar-refractivity contribution in [2.45, 2.75) is 39.2 Å². The minimum Gasteiger partial charge on any atom is -0.469 e. The number of urea groups is 1. The molecule has 0 saturated heterocycles. The van der Waals surface area contributed by atoms with E-state index in [1.807, 2.05) is 49.4 Å². The second-order valence-corrected chi connectivity index (χ2v) is 8.44. The van der Waals surface area contributed by atoms with Crippen LogP contribution in [0.4, 0.5) is 4.79 Å². The zero-order chi connectivity index (χ0) is 23.3. The molecule has 0 aliphatic carbocycles. The average molecular weight is 460 g/mol. The minimum atomic E-state index is -0.412. The van der Waals surface area contributed by atoms with E-state index in [9.17, 15) is 9.59 Å². The minimum absolute atomic E-state index is 0.194. The van der Waals surface area contributed by atoms with Crippen LogP contribution >= 0.6 is 11.6 Å². The summed E-state index contributed by atoms with van der Waals surface area (Å²) in [5, 5.41) is 0.726. The SMILES string of the molecule is COC(=O)CCCN(CCCN(Cc1cccc(C)c1)C(N)=O)CCc1ccc(Cl)cc1. The van der Waals surface area contributed by atoms with Crippen molar-refractivity contribution in [3.63, 3.8) is 0 Å². The number of carbonyl (C=O) groups excluding carboxylic acids is 2. The highest BCUT2D eigenvalue weighted by molar-refractivity contribution is 6.30. The Morgan fingerprint density at radius 3 is 2.34 bits per heavy atom. The van der Waals surface area contributed by atoms with Crippen LogP contribution in [0.15, 0.2) is 48.5 Å². The molecule has 0 spiro atoms. The molecule has 0 fully saturated rings. The second-order valence-electron chi connectivity index (χ2n) is 8.00. The Balaban J connectivity index is 1.89. The molecule has 2 rings (SSSR count). The highest BCUT2D eigenvalue weighted by Gasteiger charge is 2.13. The van der Waals surface area contributed by atoms with E-state index in [2.05, 4.69) is 11.0 Å². The van der Waals surface area contributed by atoms with Gasteiger partial charge in [0.15, 0.2) is 0 Å². The Bertz CT molecular complexity index is 858. The Morgan fingerprint density at radius 1 is 0.969 bits per heavy atom. The summed E-state index contributed by atoms with van der Waals surface area (Å²) in [6, 6.07) is 15.6. The first-order valence-corrected chi connectivity index (χ1v) is 11.4. The van der Waals surface area contributed by atoms with Gasteiger partial charge in [-0.1, -0.05) is 53.6 Å². The van der Waals surface area contributed by atoms with Crippen LogP contribution < -0.4 is 5.73 Å². The lowest BCUT2D eigenvalue weighted by molar-refractivity contribution is -0.140. The van der Waals surface area contributed by atoms with Crippen LogP contribution in [0.2, 0.25) is 5.02 Å². The quantitative estimate of drug-likeness (QED) is 0.450. The summed E-state index contributed by atoms with van der Waals surface area (Å²) < 4.78 is 4.75. The van der Waals surface area contributed by atoms with Gasteiger partial charge in [-0.05, 0) is 62.5 Å². The molecule has 0 atom stereocenters. The summed E-state index contributed by atoms with van der Waals surface area (Å²) in [7, 11) is 1.41. The molecule has 0 radical (unpaired) electrons. The molecule has 2 aromatic carbocycles. The molecule has 6 nitrogen and oxygen atoms in total. The maximum atomic E-state index is 12.0. The number of hydrogen-bond donors (Lipinski definition) is 1. The predicted octanol–water partition coefficient (Wildman–Crippen LogP) is 4.42. The summed E-state index contributed by atoms with van der Waals surface area (Å²) in [6.45, 7) is 5.58. The summed E-state index contributed by atoms with van der Waals surface area (Å²) in [5.41, 5.74) is 9.07. The van der Waals surface area contributed by atoms with Gasteiger partial charge in [-0.25, -0.2) is 4.79 Å². The highest BCUT2D eigenvalue weighted by Crippen LogP contribution is 2.12. The first-order valence-electron chi connectivity index (χ1n) is 11.0. The van der Waals surface area contributed by atoms with Crippen molar-refractivity contribution in [2.75, 3.05) is 33.3 Å². The van der Waals surface area contributed by atoms with E-state index in [1.54, 1.807) is 4.90 Å². The number of aryl methyl sites for hydroxylation is 1. The topological polar surface area (TPSA) is 75.9 Å². The van der Waals surface area contributed by atoms with Gasteiger partial charge < -0.3 is 20.3 Å². The van der Waals surface area contributed by atoms with E-state index in [0.717, 1.165) is 55.0 Å². The van der Waals surface area contributed by atoms with Crippen molar-refractivity contribution in [1.82, 2.24) is 9.80 Å². The van der Waals surface area contributed by atoms with E-state index >= 15 is 0 Å². The van der Waals surface area contributed by atoms with E-state index in [4.69, 9.17) is 22.1 Å². The summed E-state index contributed by atoms with van der Waals surface area (Å²) in [4.78, 5) is 27.4. The van der Waals surface area contributed by atoms with Crippen molar-refractivity contribution < 1.29 is 14.3 Å². The first-order chi connectivity index (χ1) is 15.4. The van der Waals surface area contributed by atoms with Gasteiger partial charge in [-0.15, -0.1) is 0 Å². The van der Waals surface area contributed by atoms with Crippen molar-refractivity contribution in [3.05, 3.63) is 70.2 Å². The number of nitrogens with zero attached hydrogens (tertiary/aromatic N) is 2. The standard InChI is InChI=1S/C25H34ClN3O3/c1-20-6-3-7-22(18-20)19-29(25(27)31)16-5-15-28(14-4-8-24(30)32-2)17-13-21-9-11-23(26)12-10-21/h3,6-7,9-12,18H,4-5,8,13-17,19H2,1-2H3,(H2,27,31). The lowest BCUT2D eigenvalue weighted by Crippen LogP contribution is -2.38. The third-order valence-corrected chi connectivity index (χ3v) is 5.63. The molecule has 2 N–H and O–H groups in total. The number of primary amides is 1. The van der Waals surface area contributed by atoms with Gasteiger partial charge in [0.05, 0.1) is 7.11 Å². The molecule has 0 heterocycles. The average Bonchev–Trinajstić information content (AvgIpc) is 2.77. The van der Waals surface area contributed by atoms with Gasteiger partial charge in [-0.3, -0.25) is 4.79 Å². The molecule has 0 aromatic heterocycles. The van der Waals surface area contributed by atoms with E-state index in [0.29, 0.717) is 19.5 Å². The number of nitrogens with two attached hydrogens (primary N) is 1. The van der Waals surface area contributed by atoms with Crippen LogP contribution in [-0.4, -0.2) is 55.1 Å². The molecule has 0 saturated carbocycles. The fourth-order valence-electron chi connectivity index (χ4n) is 3.61. The number of methoxy groups -OCH3 is 1. The fourth-order valence-corrected chi connectivity index (χ4v) is 3.73. The maximum Gasteiger partial charge on any atom is 0.315 e. The summed E-state index contributed by atoms with van der Waals surface area (Å²) >= 11 is 5.98. The van der Waals surface area contributed by atoms with Crippen LogP contribution in [0.1, 0.15) is 36.0 Å². The zero-order valence-electron chi connectivity index (χ0n) is 19.1. The third kappa shape index (κ3) is 9.71. The largest absolute Gasteiger partial charge is 0.469 e. The molecule has 0 aliphatic rings. The third-order valence-electron chi connectivity index (χ3n) is 5.38. The molecule has 32 heavy (non-hydrogen) atoms. The molecule has 2 amide bonds. The van der Waals surface area contributed by atoms with Crippen LogP contribution in [-0.2, 0) is 22.5 Å². The van der Waals surface area contributed by atoms with Gasteiger partial charge in [0.2, 0.25) is 0 Å². The molecular formula is C25H34ClN3O3. The normalized spacial score (nSPS) is 10.9. The predicted molar refractivity (Wildman–Crippen MR) is 129 cm³/mol. The molecule has 0 aliphatic heterocycles. The van der Waals surface area contributed by atoms with Crippen molar-refractivity contribution >= 4 is 23.6 Å². The Hall–Kier alpha value is -2.57. The lowest BCUT2D eigenvalue weighted by Gasteiger charge is -2.25. The van der Waals surface area contributed by atoms with Crippen LogP contribution in [0, 0.1) is 6.92 Å². The van der Waals surface area contributed by atoms with Gasteiger partial charge in [0, 0.05) is 31.1 Å². The van der Waals surface area contributed by atoms with Crippen molar-refractivity contribution in [1.29, 1.82) is 0 Å². The molecule has 0 bridgehead atoms. The number of ether oxygens (including phenoxy) is 1. The summed E-state index contributed by atoms with van der Waals surface area (Å²) in [6.07, 6.45) is 2.82. The molecule has 174 valence electrons. The first kappa shape index (κ1) is 25.7. The van der Waals surface area contributed by atoms with Gasteiger partial charge >= 0.3 is 12.0 Å². The van der Waals surface area contributed by atoms with E-state index in [-0.39, 0.29) is 5.97 Å². The van der Waals surface area contributed by atoms with Crippen molar-refractivity contribution in [2.24, 2.45) is 5.73 Å². The van der Waals surface area contributed by atoms with Crippen LogP contribution in [0.5, 0.6) is 0 Å². The van der Waals surface area contributed by atoms with Gasteiger partial charge in [0.25, 0.3) is 0 Å².